The molecule has 3 aromatic rings. The fourth-order valence-corrected chi connectivity index (χ4v) is 5.53. The van der Waals surface area contributed by atoms with E-state index < -0.39 is 0 Å². The van der Waals surface area contributed by atoms with Crippen LogP contribution in [-0.4, -0.2) is 23.8 Å². The van der Waals surface area contributed by atoms with Crippen LogP contribution in [0.5, 0.6) is 11.5 Å². The van der Waals surface area contributed by atoms with E-state index in [9.17, 15) is 9.59 Å². The van der Waals surface area contributed by atoms with Gasteiger partial charge in [0.1, 0.15) is 0 Å². The zero-order valence-corrected chi connectivity index (χ0v) is 21.6. The van der Waals surface area contributed by atoms with E-state index in [1.165, 1.54) is 12.8 Å². The molecule has 5 rings (SSSR count). The summed E-state index contributed by atoms with van der Waals surface area (Å²) in [6.45, 7) is 2.17. The van der Waals surface area contributed by atoms with Crippen molar-refractivity contribution in [2.45, 2.75) is 70.8 Å². The molecule has 2 heterocycles. The number of Topliss-reactive ketones (excluding diaryl/α,β-unsaturated/α-hetero) is 1. The quantitative estimate of drug-likeness (QED) is 0.191. The van der Waals surface area contributed by atoms with Gasteiger partial charge in [0.15, 0.2) is 17.3 Å². The number of methoxy groups -OCH3 is 1. The van der Waals surface area contributed by atoms with Gasteiger partial charge < -0.3 is 14.8 Å². The Hall–Kier alpha value is -3.67. The van der Waals surface area contributed by atoms with Crippen molar-refractivity contribution >= 4 is 33.9 Å². The monoisotopic (exact) mass is 498 g/mol. The number of esters is 1. The van der Waals surface area contributed by atoms with Gasteiger partial charge in [-0.2, -0.15) is 0 Å². The highest BCUT2D eigenvalue weighted by atomic mass is 16.6. The molecule has 1 atom stereocenters. The van der Waals surface area contributed by atoms with E-state index in [-0.39, 0.29) is 17.8 Å². The number of carbonyl (C=O) groups is 2. The molecule has 37 heavy (non-hydrogen) atoms. The minimum Gasteiger partial charge on any atom is -0.493 e. The Labute approximate surface area is 218 Å². The van der Waals surface area contributed by atoms with Gasteiger partial charge in [-0.05, 0) is 60.7 Å². The number of fused-ring (bicyclic) bond motifs is 4. The molecule has 2 aliphatic rings. The second-order valence-corrected chi connectivity index (χ2v) is 9.85. The lowest BCUT2D eigenvalue weighted by atomic mass is 9.77. The van der Waals surface area contributed by atoms with Gasteiger partial charge in [0.2, 0.25) is 0 Å². The van der Waals surface area contributed by atoms with Crippen LogP contribution >= 0.6 is 0 Å². The molecule has 192 valence electrons. The predicted molar refractivity (Wildman–Crippen MR) is 146 cm³/mol. The molecule has 0 saturated heterocycles. The number of ether oxygens (including phenoxy) is 2. The van der Waals surface area contributed by atoms with Gasteiger partial charge in [-0.25, -0.2) is 0 Å². The first-order chi connectivity index (χ1) is 18.1. The van der Waals surface area contributed by atoms with Crippen LogP contribution in [0.4, 0.5) is 5.69 Å². The van der Waals surface area contributed by atoms with E-state index in [2.05, 4.69) is 29.4 Å². The molecular formula is C31H34N2O4. The van der Waals surface area contributed by atoms with E-state index in [0.717, 1.165) is 71.0 Å². The maximum absolute atomic E-state index is 13.3. The van der Waals surface area contributed by atoms with Crippen molar-refractivity contribution in [3.05, 3.63) is 65.4 Å². The molecule has 1 aromatic heterocycles. The summed E-state index contributed by atoms with van der Waals surface area (Å²) >= 11 is 0. The standard InChI is InChI=1S/C31H34N2O4/c1-3-4-5-6-7-13-28(35)37-26-17-14-20(19-27(26)36-2)31-30-22(10-8-12-25(30)34)29-21-11-9-18-32-23(21)15-16-24(29)33-31/h9,11,14-19,31,33H,3-8,10,12-13H2,1-2H3/t31-/m0/s1. The maximum Gasteiger partial charge on any atom is 0.311 e. The van der Waals surface area contributed by atoms with Crippen molar-refractivity contribution in [1.29, 1.82) is 0 Å². The molecule has 0 spiro atoms. The third-order valence-corrected chi connectivity index (χ3v) is 7.36. The van der Waals surface area contributed by atoms with Gasteiger partial charge in [0.05, 0.1) is 18.7 Å². The summed E-state index contributed by atoms with van der Waals surface area (Å²) in [6, 6.07) is 13.3. The predicted octanol–water partition coefficient (Wildman–Crippen LogP) is 7.18. The van der Waals surface area contributed by atoms with Gasteiger partial charge in [0, 0.05) is 41.2 Å². The Bertz CT molecular complexity index is 1360. The Morgan fingerprint density at radius 3 is 2.76 bits per heavy atom. The smallest absolute Gasteiger partial charge is 0.311 e. The van der Waals surface area contributed by atoms with E-state index in [1.54, 1.807) is 19.4 Å². The Balaban J connectivity index is 1.44. The number of ketones is 1. The van der Waals surface area contributed by atoms with E-state index in [4.69, 9.17) is 9.47 Å². The molecule has 0 amide bonds. The first-order valence-corrected chi connectivity index (χ1v) is 13.4. The highest BCUT2D eigenvalue weighted by molar-refractivity contribution is 6.12. The highest BCUT2D eigenvalue weighted by Gasteiger charge is 2.35. The lowest BCUT2D eigenvalue weighted by Crippen LogP contribution is -2.27. The molecule has 0 bridgehead atoms. The number of unbranched alkanes of at least 4 members (excludes halogenated alkanes) is 4. The van der Waals surface area contributed by atoms with E-state index >= 15 is 0 Å². The molecule has 6 nitrogen and oxygen atoms in total. The van der Waals surface area contributed by atoms with Crippen molar-refractivity contribution in [3.63, 3.8) is 0 Å². The second-order valence-electron chi connectivity index (χ2n) is 9.85. The molecular weight excluding hydrogens is 464 g/mol. The maximum atomic E-state index is 13.3. The average Bonchev–Trinajstić information content (AvgIpc) is 2.92. The van der Waals surface area contributed by atoms with Crippen LogP contribution in [0.3, 0.4) is 0 Å². The normalized spacial score (nSPS) is 16.7. The zero-order valence-electron chi connectivity index (χ0n) is 21.6. The summed E-state index contributed by atoms with van der Waals surface area (Å²) in [4.78, 5) is 30.2. The molecule has 1 aliphatic carbocycles. The Morgan fingerprint density at radius 1 is 1.05 bits per heavy atom. The van der Waals surface area contributed by atoms with Gasteiger partial charge >= 0.3 is 5.97 Å². The van der Waals surface area contributed by atoms with Crippen molar-refractivity contribution < 1.29 is 19.1 Å². The lowest BCUT2D eigenvalue weighted by Gasteiger charge is -2.35. The third-order valence-electron chi connectivity index (χ3n) is 7.36. The molecule has 0 radical (unpaired) electrons. The molecule has 0 saturated carbocycles. The number of hydrogen-bond donors (Lipinski definition) is 1. The number of aromatic nitrogens is 1. The van der Waals surface area contributed by atoms with E-state index in [1.807, 2.05) is 24.3 Å². The first-order valence-electron chi connectivity index (χ1n) is 13.4. The van der Waals surface area contributed by atoms with Gasteiger partial charge in [-0.1, -0.05) is 44.7 Å². The minimum absolute atomic E-state index is 0.169. The second kappa shape index (κ2) is 11.2. The van der Waals surface area contributed by atoms with Crippen molar-refractivity contribution in [1.82, 2.24) is 4.98 Å². The number of nitrogens with one attached hydrogen (secondary N) is 1. The van der Waals surface area contributed by atoms with E-state index in [0.29, 0.717) is 24.3 Å². The fourth-order valence-electron chi connectivity index (χ4n) is 5.53. The lowest BCUT2D eigenvalue weighted by molar-refractivity contribution is -0.134. The number of hydrogen-bond acceptors (Lipinski definition) is 6. The summed E-state index contributed by atoms with van der Waals surface area (Å²) in [5.74, 6) is 0.808. The van der Waals surface area contributed by atoms with Gasteiger partial charge in [0.25, 0.3) is 0 Å². The summed E-state index contributed by atoms with van der Waals surface area (Å²) < 4.78 is 11.3. The molecule has 6 heteroatoms. The fraction of sp³-hybridized carbons (Fsp3) is 0.387. The number of carbonyl (C=O) groups excluding carboxylic acids is 2. The molecule has 2 aromatic carbocycles. The number of pyridine rings is 1. The summed E-state index contributed by atoms with van der Waals surface area (Å²) in [5, 5.41) is 4.68. The minimum atomic E-state index is -0.304. The molecule has 0 unspecified atom stereocenters. The summed E-state index contributed by atoms with van der Waals surface area (Å²) in [5.41, 5.74) is 5.82. The van der Waals surface area contributed by atoms with Crippen LogP contribution in [0.25, 0.3) is 16.5 Å². The molecule has 1 aliphatic heterocycles. The number of nitrogens with zero attached hydrogens (tertiary/aromatic N) is 1. The summed E-state index contributed by atoms with van der Waals surface area (Å²) in [6.07, 6.45) is 9.79. The highest BCUT2D eigenvalue weighted by Crippen LogP contribution is 2.48. The number of benzene rings is 2. The SMILES string of the molecule is CCCCCCCC(=O)Oc1ccc([C@@H]2Nc3ccc4ncccc4c3C3=C2C(=O)CCC3)cc1OC. The van der Waals surface area contributed by atoms with Crippen LogP contribution in [0.2, 0.25) is 0 Å². The Kier molecular flexibility index (Phi) is 7.54. The van der Waals surface area contributed by atoms with Crippen LogP contribution in [0.1, 0.15) is 81.9 Å². The molecule has 0 fully saturated rings. The number of anilines is 1. The van der Waals surface area contributed by atoms with Crippen molar-refractivity contribution in [2.75, 3.05) is 12.4 Å². The topological polar surface area (TPSA) is 77.5 Å². The van der Waals surface area contributed by atoms with Crippen LogP contribution < -0.4 is 14.8 Å². The zero-order chi connectivity index (χ0) is 25.8. The summed E-state index contributed by atoms with van der Waals surface area (Å²) in [7, 11) is 1.57. The Morgan fingerprint density at radius 2 is 1.92 bits per heavy atom. The number of rotatable bonds is 9. The first kappa shape index (κ1) is 25.0. The third kappa shape index (κ3) is 5.10. The van der Waals surface area contributed by atoms with Gasteiger partial charge in [-0.15, -0.1) is 0 Å². The number of allylic oxidation sites excluding steroid dienone is 1. The largest absolute Gasteiger partial charge is 0.493 e. The van der Waals surface area contributed by atoms with Crippen molar-refractivity contribution in [2.24, 2.45) is 0 Å². The molecule has 1 N–H and O–H groups in total. The average molecular weight is 499 g/mol. The van der Waals surface area contributed by atoms with Gasteiger partial charge in [-0.3, -0.25) is 14.6 Å². The van der Waals surface area contributed by atoms with Crippen LogP contribution in [-0.2, 0) is 9.59 Å². The van der Waals surface area contributed by atoms with Crippen molar-refractivity contribution in [3.8, 4) is 11.5 Å². The van der Waals surface area contributed by atoms with Crippen LogP contribution in [0, 0.1) is 0 Å². The van der Waals surface area contributed by atoms with Crippen LogP contribution in [0.15, 0.2) is 54.2 Å².